The van der Waals surface area contributed by atoms with E-state index in [1.54, 1.807) is 0 Å². The van der Waals surface area contributed by atoms with Crippen molar-refractivity contribution in [2.75, 3.05) is 5.32 Å². The fourth-order valence-electron chi connectivity index (χ4n) is 2.10. The predicted molar refractivity (Wildman–Crippen MR) is 67.3 cm³/mol. The largest absolute Gasteiger partial charge is 0.309 e. The SMILES string of the molecule is O=C(CC1CCCC1)Nc1ncnc(Cl)c1Cl. The molecule has 4 nitrogen and oxygen atoms in total. The van der Waals surface area contributed by atoms with Gasteiger partial charge in [0.2, 0.25) is 5.91 Å². The average Bonchev–Trinajstić information content (AvgIpc) is 2.77. The summed E-state index contributed by atoms with van der Waals surface area (Å²) < 4.78 is 0. The molecule has 1 aliphatic rings. The van der Waals surface area contributed by atoms with Crippen LogP contribution in [0.4, 0.5) is 5.82 Å². The Morgan fingerprint density at radius 3 is 2.76 bits per heavy atom. The van der Waals surface area contributed by atoms with Crippen LogP contribution in [0.3, 0.4) is 0 Å². The summed E-state index contributed by atoms with van der Waals surface area (Å²) in [6, 6.07) is 0. The van der Waals surface area contributed by atoms with Gasteiger partial charge in [0.05, 0.1) is 0 Å². The first-order valence-electron chi connectivity index (χ1n) is 5.62. The number of hydrogen-bond acceptors (Lipinski definition) is 3. The minimum Gasteiger partial charge on any atom is -0.309 e. The first-order valence-corrected chi connectivity index (χ1v) is 6.38. The number of rotatable bonds is 3. The first kappa shape index (κ1) is 12.6. The summed E-state index contributed by atoms with van der Waals surface area (Å²) in [5.41, 5.74) is 0. The molecule has 2 rings (SSSR count). The van der Waals surface area contributed by atoms with Crippen LogP contribution in [-0.2, 0) is 4.79 Å². The van der Waals surface area contributed by atoms with Crippen molar-refractivity contribution in [1.29, 1.82) is 0 Å². The van der Waals surface area contributed by atoms with Crippen LogP contribution >= 0.6 is 23.2 Å². The normalized spacial score (nSPS) is 16.1. The van der Waals surface area contributed by atoms with E-state index in [0.717, 1.165) is 12.8 Å². The molecule has 1 aliphatic carbocycles. The summed E-state index contributed by atoms with van der Waals surface area (Å²) in [5, 5.41) is 3.01. The van der Waals surface area contributed by atoms with Gasteiger partial charge in [-0.3, -0.25) is 4.79 Å². The number of aromatic nitrogens is 2. The van der Waals surface area contributed by atoms with E-state index in [-0.39, 0.29) is 21.9 Å². The number of hydrogen-bond donors (Lipinski definition) is 1. The highest BCUT2D eigenvalue weighted by Crippen LogP contribution is 2.29. The molecule has 1 saturated carbocycles. The lowest BCUT2D eigenvalue weighted by Crippen LogP contribution is -2.16. The van der Waals surface area contributed by atoms with E-state index < -0.39 is 0 Å². The van der Waals surface area contributed by atoms with Gasteiger partial charge in [0, 0.05) is 6.42 Å². The van der Waals surface area contributed by atoms with Crippen LogP contribution in [0.5, 0.6) is 0 Å². The summed E-state index contributed by atoms with van der Waals surface area (Å²) in [5.74, 6) is 0.717. The lowest BCUT2D eigenvalue weighted by atomic mass is 10.0. The second-order valence-electron chi connectivity index (χ2n) is 4.23. The van der Waals surface area contributed by atoms with E-state index in [9.17, 15) is 4.79 Å². The maximum Gasteiger partial charge on any atom is 0.225 e. The van der Waals surface area contributed by atoms with E-state index in [4.69, 9.17) is 23.2 Å². The molecule has 17 heavy (non-hydrogen) atoms. The molecule has 0 aliphatic heterocycles. The van der Waals surface area contributed by atoms with Gasteiger partial charge < -0.3 is 5.32 Å². The lowest BCUT2D eigenvalue weighted by molar-refractivity contribution is -0.117. The predicted octanol–water partition coefficient (Wildman–Crippen LogP) is 3.30. The molecule has 6 heteroatoms. The molecule has 1 fully saturated rings. The zero-order valence-electron chi connectivity index (χ0n) is 9.25. The molecule has 0 aromatic carbocycles. The number of carbonyl (C=O) groups is 1. The Hall–Kier alpha value is -0.870. The lowest BCUT2D eigenvalue weighted by Gasteiger charge is -2.09. The summed E-state index contributed by atoms with van der Waals surface area (Å²) in [4.78, 5) is 19.4. The highest BCUT2D eigenvalue weighted by molar-refractivity contribution is 6.42. The molecule has 0 spiro atoms. The van der Waals surface area contributed by atoms with Crippen molar-refractivity contribution in [3.63, 3.8) is 0 Å². The van der Waals surface area contributed by atoms with Gasteiger partial charge in [-0.05, 0) is 18.8 Å². The van der Waals surface area contributed by atoms with Gasteiger partial charge in [0.25, 0.3) is 0 Å². The van der Waals surface area contributed by atoms with Crippen molar-refractivity contribution >= 4 is 34.9 Å². The first-order chi connectivity index (χ1) is 8.16. The molecule has 1 N–H and O–H groups in total. The number of nitrogens with one attached hydrogen (secondary N) is 1. The van der Waals surface area contributed by atoms with E-state index in [1.807, 2.05) is 0 Å². The molecular weight excluding hydrogens is 261 g/mol. The van der Waals surface area contributed by atoms with Crippen LogP contribution in [0.15, 0.2) is 6.33 Å². The molecule has 92 valence electrons. The molecule has 1 aromatic rings. The summed E-state index contributed by atoms with van der Waals surface area (Å²) in [6.07, 6.45) is 6.50. The van der Waals surface area contributed by atoms with Crippen LogP contribution < -0.4 is 5.32 Å². The maximum absolute atomic E-state index is 11.8. The van der Waals surface area contributed by atoms with Crippen LogP contribution in [0.1, 0.15) is 32.1 Å². The third-order valence-corrected chi connectivity index (χ3v) is 3.69. The fraction of sp³-hybridized carbons (Fsp3) is 0.545. The number of nitrogens with zero attached hydrogens (tertiary/aromatic N) is 2. The Morgan fingerprint density at radius 2 is 2.06 bits per heavy atom. The number of anilines is 1. The van der Waals surface area contributed by atoms with Crippen LogP contribution in [-0.4, -0.2) is 15.9 Å². The smallest absolute Gasteiger partial charge is 0.225 e. The Bertz CT molecular complexity index is 419. The van der Waals surface area contributed by atoms with Crippen LogP contribution in [0.25, 0.3) is 0 Å². The van der Waals surface area contributed by atoms with Crippen molar-refractivity contribution in [3.8, 4) is 0 Å². The van der Waals surface area contributed by atoms with Gasteiger partial charge >= 0.3 is 0 Å². The Kier molecular flexibility index (Phi) is 4.18. The average molecular weight is 274 g/mol. The molecule has 0 radical (unpaired) electrons. The molecule has 1 aromatic heterocycles. The minimum atomic E-state index is -0.0615. The van der Waals surface area contributed by atoms with Crippen molar-refractivity contribution in [1.82, 2.24) is 9.97 Å². The Balaban J connectivity index is 1.95. The highest BCUT2D eigenvalue weighted by atomic mass is 35.5. The molecule has 1 heterocycles. The molecular formula is C11H13Cl2N3O. The van der Waals surface area contributed by atoms with E-state index in [2.05, 4.69) is 15.3 Å². The number of amides is 1. The molecule has 0 saturated heterocycles. The van der Waals surface area contributed by atoms with Gasteiger partial charge in [0.1, 0.15) is 11.3 Å². The minimum absolute atomic E-state index is 0.0615. The Labute approximate surface area is 110 Å². The van der Waals surface area contributed by atoms with Crippen LogP contribution in [0.2, 0.25) is 10.2 Å². The quantitative estimate of drug-likeness (QED) is 0.860. The summed E-state index contributed by atoms with van der Waals surface area (Å²) in [7, 11) is 0. The highest BCUT2D eigenvalue weighted by Gasteiger charge is 2.19. The van der Waals surface area contributed by atoms with Crippen molar-refractivity contribution in [3.05, 3.63) is 16.5 Å². The van der Waals surface area contributed by atoms with E-state index >= 15 is 0 Å². The third kappa shape index (κ3) is 3.30. The van der Waals surface area contributed by atoms with Gasteiger partial charge in [-0.2, -0.15) is 0 Å². The van der Waals surface area contributed by atoms with Crippen molar-refractivity contribution in [2.24, 2.45) is 5.92 Å². The Morgan fingerprint density at radius 1 is 1.35 bits per heavy atom. The fourth-order valence-corrected chi connectivity index (χ4v) is 2.37. The number of carbonyl (C=O) groups excluding carboxylic acids is 1. The molecule has 1 amide bonds. The van der Waals surface area contributed by atoms with E-state index in [1.165, 1.54) is 19.2 Å². The monoisotopic (exact) mass is 273 g/mol. The molecule has 0 unspecified atom stereocenters. The second kappa shape index (κ2) is 5.65. The van der Waals surface area contributed by atoms with Crippen molar-refractivity contribution < 1.29 is 4.79 Å². The van der Waals surface area contributed by atoms with Gasteiger partial charge in [-0.25, -0.2) is 9.97 Å². The topological polar surface area (TPSA) is 54.9 Å². The summed E-state index contributed by atoms with van der Waals surface area (Å²) in [6.45, 7) is 0. The van der Waals surface area contributed by atoms with Gasteiger partial charge in [-0.1, -0.05) is 36.0 Å². The third-order valence-electron chi connectivity index (χ3n) is 2.95. The summed E-state index contributed by atoms with van der Waals surface area (Å²) >= 11 is 11.6. The van der Waals surface area contributed by atoms with Crippen LogP contribution in [0, 0.1) is 5.92 Å². The van der Waals surface area contributed by atoms with Gasteiger partial charge in [-0.15, -0.1) is 0 Å². The zero-order chi connectivity index (χ0) is 12.3. The molecule has 0 atom stereocenters. The van der Waals surface area contributed by atoms with Gasteiger partial charge in [0.15, 0.2) is 11.0 Å². The maximum atomic E-state index is 11.8. The zero-order valence-corrected chi connectivity index (χ0v) is 10.8. The molecule has 0 bridgehead atoms. The van der Waals surface area contributed by atoms with Crippen molar-refractivity contribution in [2.45, 2.75) is 32.1 Å². The second-order valence-corrected chi connectivity index (χ2v) is 4.97. The van der Waals surface area contributed by atoms with E-state index in [0.29, 0.717) is 12.3 Å². The number of halogens is 2. The standard InChI is InChI=1S/C11H13Cl2N3O/c12-9-10(13)14-6-15-11(9)16-8(17)5-7-3-1-2-4-7/h6-7H,1-5H2,(H,14,15,16,17).